The van der Waals surface area contributed by atoms with Gasteiger partial charge in [-0.25, -0.2) is 4.98 Å². The van der Waals surface area contributed by atoms with E-state index in [9.17, 15) is 9.90 Å². The smallest absolute Gasteiger partial charge is 0.226 e. The van der Waals surface area contributed by atoms with Crippen LogP contribution < -0.4 is 10.6 Å². The van der Waals surface area contributed by atoms with E-state index in [2.05, 4.69) is 40.1 Å². The first-order chi connectivity index (χ1) is 17.5. The zero-order valence-corrected chi connectivity index (χ0v) is 22.1. The largest absolute Gasteiger partial charge is 0.393 e. The van der Waals surface area contributed by atoms with Crippen LogP contribution in [0.5, 0.6) is 0 Å². The molecule has 4 heterocycles. The Bertz CT molecular complexity index is 1020. The summed E-state index contributed by atoms with van der Waals surface area (Å²) in [6, 6.07) is 0.697. The summed E-state index contributed by atoms with van der Waals surface area (Å²) in [5, 5.41) is 18.1. The molecule has 0 radical (unpaired) electrons. The highest BCUT2D eigenvalue weighted by Gasteiger charge is 2.32. The van der Waals surface area contributed by atoms with Gasteiger partial charge < -0.3 is 25.2 Å². The molecule has 0 bridgehead atoms. The van der Waals surface area contributed by atoms with Crippen molar-refractivity contribution >= 4 is 22.9 Å². The lowest BCUT2D eigenvalue weighted by Gasteiger charge is -2.35. The van der Waals surface area contributed by atoms with Crippen molar-refractivity contribution in [1.82, 2.24) is 24.8 Å². The van der Waals surface area contributed by atoms with Gasteiger partial charge in [0.05, 0.1) is 12.0 Å². The quantitative estimate of drug-likeness (QED) is 0.531. The Morgan fingerprint density at radius 2 is 1.97 bits per heavy atom. The highest BCUT2D eigenvalue weighted by atomic mass is 16.3. The van der Waals surface area contributed by atoms with Crippen LogP contribution in [0.2, 0.25) is 0 Å². The van der Waals surface area contributed by atoms with Crippen molar-refractivity contribution in [1.29, 1.82) is 0 Å². The van der Waals surface area contributed by atoms with Crippen molar-refractivity contribution in [2.75, 3.05) is 31.5 Å². The van der Waals surface area contributed by atoms with E-state index >= 15 is 0 Å². The molecular formula is C28H44N6O2. The van der Waals surface area contributed by atoms with Gasteiger partial charge >= 0.3 is 0 Å². The van der Waals surface area contributed by atoms with E-state index in [-0.39, 0.29) is 12.0 Å². The molecule has 2 saturated heterocycles. The van der Waals surface area contributed by atoms with Crippen LogP contribution in [0.3, 0.4) is 0 Å². The van der Waals surface area contributed by atoms with Crippen LogP contribution in [0.1, 0.15) is 95.6 Å². The molecule has 8 heteroatoms. The molecule has 0 unspecified atom stereocenters. The third kappa shape index (κ3) is 5.54. The van der Waals surface area contributed by atoms with Crippen molar-refractivity contribution < 1.29 is 9.90 Å². The average Bonchev–Trinajstić information content (AvgIpc) is 3.28. The maximum absolute atomic E-state index is 13.1. The van der Waals surface area contributed by atoms with Crippen LogP contribution in [0.4, 0.5) is 5.95 Å². The summed E-state index contributed by atoms with van der Waals surface area (Å²) >= 11 is 0. The second kappa shape index (κ2) is 11.5. The van der Waals surface area contributed by atoms with Gasteiger partial charge in [-0.05, 0) is 82.7 Å². The fraction of sp³-hybridized carbons (Fsp3) is 0.750. The Kier molecular flexibility index (Phi) is 8.11. The number of carbonyl (C=O) groups excluding carboxylic acids is 1. The van der Waals surface area contributed by atoms with Crippen LogP contribution >= 0.6 is 0 Å². The van der Waals surface area contributed by atoms with E-state index in [4.69, 9.17) is 9.97 Å². The number of amides is 1. The lowest BCUT2D eigenvalue weighted by molar-refractivity contribution is -0.137. The molecule has 8 nitrogen and oxygen atoms in total. The van der Waals surface area contributed by atoms with Gasteiger partial charge in [0.1, 0.15) is 5.65 Å². The van der Waals surface area contributed by atoms with Gasteiger partial charge in [-0.15, -0.1) is 0 Å². The maximum atomic E-state index is 13.1. The molecule has 2 aromatic heterocycles. The minimum atomic E-state index is -0.175. The standard InChI is InChI=1S/C28H44N6O2/c1-3-5-19(2)31-28-30-17-24-25(18-34(26(24)32-28)22-7-9-23(35)10-8-22)20-11-14-33(15-12-20)27(36)21-6-4-13-29-16-21/h17-23,29,35H,3-16H2,1-2H3,(H,30,31,32)/t19-,21-,22?,23?/m0/s1. The first kappa shape index (κ1) is 25.5. The number of nitrogens with one attached hydrogen (secondary N) is 2. The molecule has 3 N–H and O–H groups in total. The number of rotatable bonds is 7. The molecule has 36 heavy (non-hydrogen) atoms. The molecule has 2 aliphatic heterocycles. The summed E-state index contributed by atoms with van der Waals surface area (Å²) in [4.78, 5) is 24.9. The summed E-state index contributed by atoms with van der Waals surface area (Å²) in [6.45, 7) is 7.90. The molecule has 3 fully saturated rings. The van der Waals surface area contributed by atoms with Crippen molar-refractivity contribution in [3.8, 4) is 0 Å². The molecule has 1 amide bonds. The number of hydrogen-bond donors (Lipinski definition) is 3. The normalized spacial score (nSPS) is 26.8. The third-order valence-electron chi connectivity index (χ3n) is 8.65. The number of fused-ring (bicyclic) bond motifs is 1. The fourth-order valence-electron chi connectivity index (χ4n) is 6.52. The average molecular weight is 497 g/mol. The monoisotopic (exact) mass is 496 g/mol. The molecule has 198 valence electrons. The first-order valence-electron chi connectivity index (χ1n) is 14.3. The van der Waals surface area contributed by atoms with E-state index in [0.717, 1.165) is 101 Å². The minimum Gasteiger partial charge on any atom is -0.393 e. The van der Waals surface area contributed by atoms with Gasteiger partial charge in [0.2, 0.25) is 11.9 Å². The molecule has 2 aromatic rings. The minimum absolute atomic E-state index is 0.147. The maximum Gasteiger partial charge on any atom is 0.226 e. The van der Waals surface area contributed by atoms with Gasteiger partial charge in [-0.1, -0.05) is 13.3 Å². The van der Waals surface area contributed by atoms with Gasteiger partial charge in [-0.3, -0.25) is 4.79 Å². The van der Waals surface area contributed by atoms with Gasteiger partial charge in [-0.2, -0.15) is 4.98 Å². The number of likely N-dealkylation sites (tertiary alicyclic amines) is 1. The number of carbonyl (C=O) groups is 1. The number of hydrogen-bond acceptors (Lipinski definition) is 6. The summed E-state index contributed by atoms with van der Waals surface area (Å²) in [7, 11) is 0. The summed E-state index contributed by atoms with van der Waals surface area (Å²) in [5.41, 5.74) is 2.34. The first-order valence-corrected chi connectivity index (χ1v) is 14.3. The molecule has 1 saturated carbocycles. The zero-order chi connectivity index (χ0) is 25.1. The second-order valence-corrected chi connectivity index (χ2v) is 11.4. The van der Waals surface area contributed by atoms with Gasteiger partial charge in [0.25, 0.3) is 0 Å². The Labute approximate surface area is 215 Å². The Balaban J connectivity index is 1.36. The number of aromatic nitrogens is 3. The number of piperidine rings is 2. The van der Waals surface area contributed by atoms with E-state index < -0.39 is 0 Å². The summed E-state index contributed by atoms with van der Waals surface area (Å²) in [6.07, 6.45) is 14.1. The van der Waals surface area contributed by atoms with Crippen LogP contribution in [0.15, 0.2) is 12.4 Å². The molecule has 0 spiro atoms. The molecule has 0 aromatic carbocycles. The predicted molar refractivity (Wildman–Crippen MR) is 143 cm³/mol. The van der Waals surface area contributed by atoms with Crippen molar-refractivity contribution in [2.24, 2.45) is 5.92 Å². The van der Waals surface area contributed by atoms with Crippen LogP contribution in [0, 0.1) is 5.92 Å². The number of nitrogens with zero attached hydrogens (tertiary/aromatic N) is 4. The Hall–Kier alpha value is -2.19. The SMILES string of the molecule is CCC[C@H](C)Nc1ncc2c(C3CCN(C(=O)[C@H]4CCCNC4)CC3)cn(C3CCC(O)CC3)c2n1. The number of anilines is 1. The zero-order valence-electron chi connectivity index (χ0n) is 22.1. The van der Waals surface area contributed by atoms with Crippen molar-refractivity contribution in [3.63, 3.8) is 0 Å². The van der Waals surface area contributed by atoms with Crippen molar-refractivity contribution in [3.05, 3.63) is 18.0 Å². The molecule has 1 aliphatic carbocycles. The fourth-order valence-corrected chi connectivity index (χ4v) is 6.52. The van der Waals surface area contributed by atoms with Crippen LogP contribution in [-0.4, -0.2) is 68.8 Å². The molecule has 3 aliphatic rings. The molecule has 2 atom stereocenters. The van der Waals surface area contributed by atoms with Crippen LogP contribution in [0.25, 0.3) is 11.0 Å². The lowest BCUT2D eigenvalue weighted by Crippen LogP contribution is -2.45. The van der Waals surface area contributed by atoms with E-state index in [1.54, 1.807) is 0 Å². The van der Waals surface area contributed by atoms with E-state index in [1.807, 2.05) is 6.20 Å². The highest BCUT2D eigenvalue weighted by molar-refractivity contribution is 5.82. The lowest BCUT2D eigenvalue weighted by atomic mass is 9.88. The summed E-state index contributed by atoms with van der Waals surface area (Å²) < 4.78 is 2.37. The van der Waals surface area contributed by atoms with Crippen LogP contribution in [-0.2, 0) is 4.79 Å². The van der Waals surface area contributed by atoms with E-state index in [0.29, 0.717) is 29.9 Å². The highest BCUT2D eigenvalue weighted by Crippen LogP contribution is 2.38. The third-order valence-corrected chi connectivity index (χ3v) is 8.65. The predicted octanol–water partition coefficient (Wildman–Crippen LogP) is 4.21. The van der Waals surface area contributed by atoms with Crippen molar-refractivity contribution in [2.45, 2.75) is 102 Å². The Morgan fingerprint density at radius 1 is 1.19 bits per heavy atom. The topological polar surface area (TPSA) is 95.3 Å². The molecular weight excluding hydrogens is 452 g/mol. The summed E-state index contributed by atoms with van der Waals surface area (Å²) in [5.74, 6) is 1.60. The Morgan fingerprint density at radius 3 is 2.67 bits per heavy atom. The number of aliphatic hydroxyl groups is 1. The van der Waals surface area contributed by atoms with Gasteiger partial charge in [0, 0.05) is 49.5 Å². The number of aliphatic hydroxyl groups excluding tert-OH is 1. The van der Waals surface area contributed by atoms with Gasteiger partial charge in [0.15, 0.2) is 0 Å². The second-order valence-electron chi connectivity index (χ2n) is 11.4. The molecule has 5 rings (SSSR count). The van der Waals surface area contributed by atoms with E-state index in [1.165, 1.54) is 5.56 Å².